The number of nitrogens with zero attached hydrogens (tertiary/aromatic N) is 1. The summed E-state index contributed by atoms with van der Waals surface area (Å²) < 4.78 is 13.2. The number of halogens is 1. The van der Waals surface area contributed by atoms with Gasteiger partial charge in [0.15, 0.2) is 0 Å². The van der Waals surface area contributed by atoms with E-state index in [1.54, 1.807) is 24.0 Å². The SMILES string of the molecule is CC[C@@H](C)NC(=O)[C@@H](C)N(Cc1ccc(F)cc1)C(=O)Cc1ccc(C)cc1. The maximum atomic E-state index is 13.2. The van der Waals surface area contributed by atoms with Crippen LogP contribution in [0.1, 0.15) is 43.9 Å². The van der Waals surface area contributed by atoms with Crippen LogP contribution in [0, 0.1) is 12.7 Å². The van der Waals surface area contributed by atoms with Gasteiger partial charge < -0.3 is 10.2 Å². The van der Waals surface area contributed by atoms with Crippen LogP contribution in [0.5, 0.6) is 0 Å². The lowest BCUT2D eigenvalue weighted by Crippen LogP contribution is -2.49. The minimum absolute atomic E-state index is 0.0369. The topological polar surface area (TPSA) is 49.4 Å². The number of hydrogen-bond donors (Lipinski definition) is 1. The summed E-state index contributed by atoms with van der Waals surface area (Å²) in [6, 6.07) is 13.2. The fourth-order valence-electron chi connectivity index (χ4n) is 2.82. The second-order valence-electron chi connectivity index (χ2n) is 7.30. The molecule has 0 aromatic heterocycles. The van der Waals surface area contributed by atoms with Crippen molar-refractivity contribution in [3.63, 3.8) is 0 Å². The van der Waals surface area contributed by atoms with Gasteiger partial charge in [0, 0.05) is 12.6 Å². The van der Waals surface area contributed by atoms with E-state index in [2.05, 4.69) is 5.32 Å². The van der Waals surface area contributed by atoms with Crippen molar-refractivity contribution in [1.29, 1.82) is 0 Å². The summed E-state index contributed by atoms with van der Waals surface area (Å²) in [6.07, 6.45) is 1.02. The van der Waals surface area contributed by atoms with Gasteiger partial charge in [-0.25, -0.2) is 4.39 Å². The maximum Gasteiger partial charge on any atom is 0.242 e. The smallest absolute Gasteiger partial charge is 0.242 e. The predicted octanol–water partition coefficient (Wildman–Crippen LogP) is 4.01. The molecule has 0 aliphatic rings. The van der Waals surface area contributed by atoms with E-state index >= 15 is 0 Å². The number of amides is 2. The fraction of sp³-hybridized carbons (Fsp3) is 0.391. The predicted molar refractivity (Wildman–Crippen MR) is 109 cm³/mol. The molecule has 0 aliphatic heterocycles. The summed E-state index contributed by atoms with van der Waals surface area (Å²) in [6.45, 7) is 7.90. The minimum Gasteiger partial charge on any atom is -0.352 e. The maximum absolute atomic E-state index is 13.2. The molecule has 150 valence electrons. The summed E-state index contributed by atoms with van der Waals surface area (Å²) in [4.78, 5) is 27.2. The van der Waals surface area contributed by atoms with E-state index in [0.717, 1.165) is 23.1 Å². The molecule has 28 heavy (non-hydrogen) atoms. The first kappa shape index (κ1) is 21.6. The number of hydrogen-bond acceptors (Lipinski definition) is 2. The number of carbonyl (C=O) groups is 2. The highest BCUT2D eigenvalue weighted by atomic mass is 19.1. The molecule has 2 atom stereocenters. The van der Waals surface area contributed by atoms with E-state index < -0.39 is 6.04 Å². The van der Waals surface area contributed by atoms with Crippen molar-refractivity contribution in [2.24, 2.45) is 0 Å². The zero-order valence-electron chi connectivity index (χ0n) is 17.0. The monoisotopic (exact) mass is 384 g/mol. The van der Waals surface area contributed by atoms with Crippen molar-refractivity contribution in [3.05, 3.63) is 71.0 Å². The number of aryl methyl sites for hydroxylation is 1. The lowest BCUT2D eigenvalue weighted by atomic mass is 10.1. The Kier molecular flexibility index (Phi) is 7.73. The van der Waals surface area contributed by atoms with Crippen LogP contribution in [-0.2, 0) is 22.6 Å². The zero-order chi connectivity index (χ0) is 20.7. The lowest BCUT2D eigenvalue weighted by Gasteiger charge is -2.30. The molecule has 0 unspecified atom stereocenters. The van der Waals surface area contributed by atoms with Crippen molar-refractivity contribution in [2.75, 3.05) is 0 Å². The first-order valence-electron chi connectivity index (χ1n) is 9.70. The highest BCUT2D eigenvalue weighted by Gasteiger charge is 2.26. The number of benzene rings is 2. The van der Waals surface area contributed by atoms with Crippen LogP contribution in [0.2, 0.25) is 0 Å². The van der Waals surface area contributed by atoms with E-state index in [0.29, 0.717) is 0 Å². The third-order valence-corrected chi connectivity index (χ3v) is 4.91. The fourth-order valence-corrected chi connectivity index (χ4v) is 2.82. The molecule has 0 saturated heterocycles. The first-order valence-corrected chi connectivity index (χ1v) is 9.70. The van der Waals surface area contributed by atoms with Gasteiger partial charge in [-0.1, -0.05) is 48.9 Å². The van der Waals surface area contributed by atoms with Crippen molar-refractivity contribution in [1.82, 2.24) is 10.2 Å². The molecule has 0 bridgehead atoms. The van der Waals surface area contributed by atoms with Gasteiger partial charge in [-0.15, -0.1) is 0 Å². The summed E-state index contributed by atoms with van der Waals surface area (Å²) in [5.41, 5.74) is 2.80. The van der Waals surface area contributed by atoms with Crippen LogP contribution in [-0.4, -0.2) is 28.8 Å². The van der Waals surface area contributed by atoms with E-state index in [9.17, 15) is 14.0 Å². The molecule has 1 N–H and O–H groups in total. The van der Waals surface area contributed by atoms with Gasteiger partial charge in [0.25, 0.3) is 0 Å². The number of nitrogens with one attached hydrogen (secondary N) is 1. The second-order valence-corrected chi connectivity index (χ2v) is 7.30. The molecular formula is C23H29FN2O2. The Morgan fingerprint density at radius 1 is 1.00 bits per heavy atom. The van der Waals surface area contributed by atoms with E-state index in [-0.39, 0.29) is 36.6 Å². The molecule has 4 nitrogen and oxygen atoms in total. The van der Waals surface area contributed by atoms with Crippen molar-refractivity contribution in [3.8, 4) is 0 Å². The summed E-state index contributed by atoms with van der Waals surface area (Å²) in [7, 11) is 0. The Morgan fingerprint density at radius 3 is 2.14 bits per heavy atom. The summed E-state index contributed by atoms with van der Waals surface area (Å²) in [5.74, 6) is -0.655. The van der Waals surface area contributed by atoms with Gasteiger partial charge in [-0.3, -0.25) is 9.59 Å². The van der Waals surface area contributed by atoms with Crippen LogP contribution in [0.15, 0.2) is 48.5 Å². The molecular weight excluding hydrogens is 355 g/mol. The van der Waals surface area contributed by atoms with Gasteiger partial charge in [-0.2, -0.15) is 0 Å². The van der Waals surface area contributed by atoms with Crippen molar-refractivity contribution >= 4 is 11.8 Å². The van der Waals surface area contributed by atoms with E-state index in [1.165, 1.54) is 12.1 Å². The van der Waals surface area contributed by atoms with Crippen LogP contribution in [0.3, 0.4) is 0 Å². The molecule has 0 spiro atoms. The minimum atomic E-state index is -0.628. The Hall–Kier alpha value is -2.69. The van der Waals surface area contributed by atoms with Crippen LogP contribution in [0.25, 0.3) is 0 Å². The molecule has 0 radical (unpaired) electrons. The molecule has 0 heterocycles. The molecule has 2 amide bonds. The number of rotatable bonds is 8. The Balaban J connectivity index is 2.20. The van der Waals surface area contributed by atoms with Crippen LogP contribution in [0.4, 0.5) is 4.39 Å². The molecule has 2 aromatic carbocycles. The van der Waals surface area contributed by atoms with Crippen molar-refractivity contribution < 1.29 is 14.0 Å². The lowest BCUT2D eigenvalue weighted by molar-refractivity contribution is -0.140. The zero-order valence-corrected chi connectivity index (χ0v) is 17.0. The van der Waals surface area contributed by atoms with Gasteiger partial charge in [0.2, 0.25) is 11.8 Å². The van der Waals surface area contributed by atoms with E-state index in [4.69, 9.17) is 0 Å². The first-order chi connectivity index (χ1) is 13.3. The Morgan fingerprint density at radius 2 is 1.57 bits per heavy atom. The molecule has 2 aromatic rings. The van der Waals surface area contributed by atoms with E-state index in [1.807, 2.05) is 45.0 Å². The average molecular weight is 384 g/mol. The summed E-state index contributed by atoms with van der Waals surface area (Å²) in [5, 5.41) is 2.94. The van der Waals surface area contributed by atoms with Crippen LogP contribution < -0.4 is 5.32 Å². The normalized spacial score (nSPS) is 12.9. The average Bonchev–Trinajstić information content (AvgIpc) is 2.68. The molecule has 0 fully saturated rings. The largest absolute Gasteiger partial charge is 0.352 e. The van der Waals surface area contributed by atoms with Crippen molar-refractivity contribution in [2.45, 2.75) is 59.2 Å². The molecule has 0 aliphatic carbocycles. The molecule has 2 rings (SSSR count). The quantitative estimate of drug-likeness (QED) is 0.748. The van der Waals surface area contributed by atoms with Gasteiger partial charge in [0.05, 0.1) is 6.42 Å². The Bertz CT molecular complexity index is 787. The molecule has 0 saturated carbocycles. The standard InChI is InChI=1S/C23H29FN2O2/c1-5-17(3)25-23(28)18(4)26(15-20-10-12-21(24)13-11-20)22(27)14-19-8-6-16(2)7-9-19/h6-13,17-18H,5,14-15H2,1-4H3,(H,25,28)/t17-,18-/m1/s1. The Labute approximate surface area is 166 Å². The van der Waals surface area contributed by atoms with Gasteiger partial charge in [0.1, 0.15) is 11.9 Å². The van der Waals surface area contributed by atoms with Crippen LogP contribution >= 0.6 is 0 Å². The molecule has 5 heteroatoms. The third kappa shape index (κ3) is 6.19. The third-order valence-electron chi connectivity index (χ3n) is 4.91. The van der Waals surface area contributed by atoms with Gasteiger partial charge >= 0.3 is 0 Å². The summed E-state index contributed by atoms with van der Waals surface area (Å²) >= 11 is 0. The second kappa shape index (κ2) is 10.0. The van der Waals surface area contributed by atoms with Gasteiger partial charge in [-0.05, 0) is 50.5 Å². The highest BCUT2D eigenvalue weighted by molar-refractivity contribution is 5.88. The number of carbonyl (C=O) groups excluding carboxylic acids is 2. The highest BCUT2D eigenvalue weighted by Crippen LogP contribution is 2.14.